The maximum atomic E-state index is 6.23. The number of rotatable bonds is 5. The fourth-order valence-corrected chi connectivity index (χ4v) is 3.09. The zero-order valence-corrected chi connectivity index (χ0v) is 16.8. The lowest BCUT2D eigenvalue weighted by molar-refractivity contribution is 0.432. The van der Waals surface area contributed by atoms with Crippen molar-refractivity contribution < 1.29 is 4.74 Å². The van der Waals surface area contributed by atoms with Crippen LogP contribution in [0.4, 0.5) is 0 Å². The predicted octanol–water partition coefficient (Wildman–Crippen LogP) is 5.01. The number of hydrogen-bond donors (Lipinski definition) is 1. The lowest BCUT2D eigenvalue weighted by atomic mass is 10.1. The van der Waals surface area contributed by atoms with E-state index in [0.29, 0.717) is 16.7 Å². The maximum absolute atomic E-state index is 6.23. The highest BCUT2D eigenvalue weighted by atomic mass is 35.5. The van der Waals surface area contributed by atoms with Crippen LogP contribution in [0.3, 0.4) is 0 Å². The third-order valence-electron chi connectivity index (χ3n) is 4.51. The molecule has 0 fully saturated rings. The normalized spacial score (nSPS) is 12.0. The molecule has 0 radical (unpaired) electrons. The Hall–Kier alpha value is -3.22. The molecule has 0 aliphatic heterocycles. The zero-order chi connectivity index (χ0) is 20.4. The van der Waals surface area contributed by atoms with Crippen molar-refractivity contribution in [3.63, 3.8) is 0 Å². The van der Waals surface area contributed by atoms with Gasteiger partial charge in [-0.2, -0.15) is 5.10 Å². The largest absolute Gasteiger partial charge is 0.439 e. The van der Waals surface area contributed by atoms with Gasteiger partial charge in [0.2, 0.25) is 5.88 Å². The SMILES string of the molecule is C[C@@H](N)c1ccc(-c2ccc(Cl)cc2Oc2cc(-c3ccccn3)nn2C)nc1. The number of hydrogen-bond acceptors (Lipinski definition) is 5. The summed E-state index contributed by atoms with van der Waals surface area (Å²) in [5, 5.41) is 5.07. The second-order valence-corrected chi connectivity index (χ2v) is 7.15. The number of pyridine rings is 2. The van der Waals surface area contributed by atoms with Crippen LogP contribution >= 0.6 is 11.6 Å². The Morgan fingerprint density at radius 2 is 1.86 bits per heavy atom. The highest BCUT2D eigenvalue weighted by Gasteiger charge is 2.14. The summed E-state index contributed by atoms with van der Waals surface area (Å²) in [7, 11) is 1.82. The van der Waals surface area contributed by atoms with Crippen molar-refractivity contribution in [2.24, 2.45) is 12.8 Å². The van der Waals surface area contributed by atoms with Gasteiger partial charge in [-0.1, -0.05) is 23.7 Å². The molecule has 0 spiro atoms. The zero-order valence-electron chi connectivity index (χ0n) is 16.1. The quantitative estimate of drug-likeness (QED) is 0.505. The van der Waals surface area contributed by atoms with Crippen molar-refractivity contribution in [2.45, 2.75) is 13.0 Å². The fourth-order valence-electron chi connectivity index (χ4n) is 2.92. The Balaban J connectivity index is 1.69. The van der Waals surface area contributed by atoms with Gasteiger partial charge in [-0.05, 0) is 42.8 Å². The molecule has 3 aromatic heterocycles. The number of benzene rings is 1. The molecule has 0 aliphatic carbocycles. The lowest BCUT2D eigenvalue weighted by Crippen LogP contribution is -2.05. The topological polar surface area (TPSA) is 78.9 Å². The first kappa shape index (κ1) is 19.1. The van der Waals surface area contributed by atoms with E-state index in [1.54, 1.807) is 23.1 Å². The van der Waals surface area contributed by atoms with Gasteiger partial charge in [0.15, 0.2) is 0 Å². The average Bonchev–Trinajstić information content (AvgIpc) is 3.09. The number of ether oxygens (including phenoxy) is 1. The molecule has 2 N–H and O–H groups in total. The van der Waals surface area contributed by atoms with Crippen molar-refractivity contribution in [3.05, 3.63) is 77.6 Å². The molecule has 0 amide bonds. The molecule has 0 saturated heterocycles. The summed E-state index contributed by atoms with van der Waals surface area (Å²) in [6.07, 6.45) is 3.51. The molecular formula is C22H20ClN5O. The van der Waals surface area contributed by atoms with Crippen molar-refractivity contribution in [2.75, 3.05) is 0 Å². The number of aromatic nitrogens is 4. The Bertz CT molecular complexity index is 1120. The van der Waals surface area contributed by atoms with Gasteiger partial charge in [-0.25, -0.2) is 4.68 Å². The van der Waals surface area contributed by atoms with E-state index in [-0.39, 0.29) is 6.04 Å². The lowest BCUT2D eigenvalue weighted by Gasteiger charge is -2.12. The van der Waals surface area contributed by atoms with Crippen LogP contribution < -0.4 is 10.5 Å². The average molecular weight is 406 g/mol. The first-order valence-corrected chi connectivity index (χ1v) is 9.54. The summed E-state index contributed by atoms with van der Waals surface area (Å²) >= 11 is 6.23. The Labute approximate surface area is 174 Å². The van der Waals surface area contributed by atoms with Crippen LogP contribution in [0.25, 0.3) is 22.6 Å². The minimum absolute atomic E-state index is 0.0723. The molecule has 29 heavy (non-hydrogen) atoms. The van der Waals surface area contributed by atoms with Crippen LogP contribution in [0.2, 0.25) is 5.02 Å². The van der Waals surface area contributed by atoms with Crippen molar-refractivity contribution in [1.82, 2.24) is 19.7 Å². The van der Waals surface area contributed by atoms with Crippen molar-refractivity contribution in [3.8, 4) is 34.3 Å². The first-order valence-electron chi connectivity index (χ1n) is 9.16. The minimum atomic E-state index is -0.0723. The number of halogens is 1. The standard InChI is InChI=1S/C22H20ClN5O/c1-14(24)15-6-9-18(26-13-15)17-8-7-16(23)11-21(17)29-22-12-20(27-28(22)2)19-5-3-4-10-25-19/h3-14H,24H2,1-2H3/t14-/m1/s1. The van der Waals surface area contributed by atoms with Crippen molar-refractivity contribution >= 4 is 11.6 Å². The number of aryl methyl sites for hydroxylation is 1. The molecule has 0 unspecified atom stereocenters. The van der Waals surface area contributed by atoms with E-state index >= 15 is 0 Å². The highest BCUT2D eigenvalue weighted by molar-refractivity contribution is 6.30. The molecule has 7 heteroatoms. The molecule has 146 valence electrons. The summed E-state index contributed by atoms with van der Waals surface area (Å²) in [6.45, 7) is 1.93. The molecule has 3 heterocycles. The van der Waals surface area contributed by atoms with E-state index < -0.39 is 0 Å². The fraction of sp³-hybridized carbons (Fsp3) is 0.136. The van der Waals surface area contributed by atoms with E-state index in [4.69, 9.17) is 22.1 Å². The van der Waals surface area contributed by atoms with E-state index in [0.717, 1.165) is 28.2 Å². The number of nitrogens with two attached hydrogens (primary N) is 1. The summed E-state index contributed by atoms with van der Waals surface area (Å²) in [5.41, 5.74) is 9.99. The number of nitrogens with zero attached hydrogens (tertiary/aromatic N) is 4. The second-order valence-electron chi connectivity index (χ2n) is 6.71. The Morgan fingerprint density at radius 1 is 1.00 bits per heavy atom. The summed E-state index contributed by atoms with van der Waals surface area (Å²) in [4.78, 5) is 8.88. The molecule has 0 bridgehead atoms. The molecule has 0 aliphatic rings. The van der Waals surface area contributed by atoms with Crippen LogP contribution in [0, 0.1) is 0 Å². The van der Waals surface area contributed by atoms with Crippen molar-refractivity contribution in [1.29, 1.82) is 0 Å². The van der Waals surface area contributed by atoms with E-state index in [1.807, 2.05) is 62.5 Å². The monoisotopic (exact) mass is 405 g/mol. The molecule has 1 atom stereocenters. The van der Waals surface area contributed by atoms with Gasteiger partial charge < -0.3 is 10.5 Å². The van der Waals surface area contributed by atoms with Crippen LogP contribution in [0.1, 0.15) is 18.5 Å². The molecule has 6 nitrogen and oxygen atoms in total. The third-order valence-corrected chi connectivity index (χ3v) is 4.75. The molecular weight excluding hydrogens is 386 g/mol. The highest BCUT2D eigenvalue weighted by Crippen LogP contribution is 2.35. The van der Waals surface area contributed by atoms with Crippen LogP contribution in [0.5, 0.6) is 11.6 Å². The molecule has 4 rings (SSSR count). The Morgan fingerprint density at radius 3 is 2.55 bits per heavy atom. The van der Waals surface area contributed by atoms with E-state index in [9.17, 15) is 0 Å². The molecule has 1 aromatic carbocycles. The first-order chi connectivity index (χ1) is 14.0. The van der Waals surface area contributed by atoms with Crippen LogP contribution in [-0.2, 0) is 7.05 Å². The minimum Gasteiger partial charge on any atom is -0.439 e. The van der Waals surface area contributed by atoms with Gasteiger partial charge in [-0.3, -0.25) is 9.97 Å². The summed E-state index contributed by atoms with van der Waals surface area (Å²) in [6, 6.07) is 16.8. The smallest absolute Gasteiger partial charge is 0.218 e. The van der Waals surface area contributed by atoms with Gasteiger partial charge >= 0.3 is 0 Å². The third kappa shape index (κ3) is 4.13. The van der Waals surface area contributed by atoms with Gasteiger partial charge in [0.25, 0.3) is 0 Å². The molecule has 4 aromatic rings. The predicted molar refractivity (Wildman–Crippen MR) is 114 cm³/mol. The molecule has 0 saturated carbocycles. The second kappa shape index (κ2) is 8.03. The van der Waals surface area contributed by atoms with E-state index in [1.165, 1.54) is 0 Å². The summed E-state index contributed by atoms with van der Waals surface area (Å²) < 4.78 is 7.85. The van der Waals surface area contributed by atoms with Gasteiger partial charge in [0.05, 0.1) is 11.4 Å². The van der Waals surface area contributed by atoms with Gasteiger partial charge in [-0.15, -0.1) is 0 Å². The Kier molecular flexibility index (Phi) is 5.29. The maximum Gasteiger partial charge on any atom is 0.218 e. The van der Waals surface area contributed by atoms with Crippen LogP contribution in [-0.4, -0.2) is 19.7 Å². The van der Waals surface area contributed by atoms with Gasteiger partial charge in [0.1, 0.15) is 11.4 Å². The summed E-state index contributed by atoms with van der Waals surface area (Å²) in [5.74, 6) is 1.16. The van der Waals surface area contributed by atoms with E-state index in [2.05, 4.69) is 15.1 Å². The van der Waals surface area contributed by atoms with Crippen LogP contribution in [0.15, 0.2) is 67.0 Å². The van der Waals surface area contributed by atoms with Gasteiger partial charge in [0, 0.05) is 48.2 Å².